The first kappa shape index (κ1) is 30.3. The van der Waals surface area contributed by atoms with Crippen LogP contribution in [-0.4, -0.2) is 69.8 Å². The highest BCUT2D eigenvalue weighted by Crippen LogP contribution is 2.47. The predicted molar refractivity (Wildman–Crippen MR) is 157 cm³/mol. The Hall–Kier alpha value is -4.12. The maximum Gasteiger partial charge on any atom is 0.414 e. The number of pyridine rings is 1. The first-order valence-corrected chi connectivity index (χ1v) is 14.6. The molecule has 5 rings (SSSR count). The van der Waals surface area contributed by atoms with E-state index in [1.54, 1.807) is 67.2 Å². The molecule has 0 radical (unpaired) electrons. The molecule has 1 fully saturated rings. The smallest absolute Gasteiger partial charge is 0.414 e. The number of aromatic nitrogens is 3. The fraction of sp³-hybridized carbons (Fsp3) is 0.500. The molecule has 1 aromatic carbocycles. The van der Waals surface area contributed by atoms with Gasteiger partial charge in [0.1, 0.15) is 11.2 Å². The highest BCUT2D eigenvalue weighted by atomic mass is 16.6. The minimum absolute atomic E-state index is 0.0423. The van der Waals surface area contributed by atoms with Gasteiger partial charge in [0.2, 0.25) is 0 Å². The van der Waals surface area contributed by atoms with Crippen LogP contribution in [0.1, 0.15) is 81.3 Å². The number of benzene rings is 1. The molecular formula is C32H40N5O6+. The highest BCUT2D eigenvalue weighted by Gasteiger charge is 2.40. The predicted octanol–water partition coefficient (Wildman–Crippen LogP) is 3.85. The number of piperidine rings is 1. The number of hydrogen-bond acceptors (Lipinski definition) is 8. The third-order valence-corrected chi connectivity index (χ3v) is 7.40. The molecule has 2 aliphatic rings. The summed E-state index contributed by atoms with van der Waals surface area (Å²) in [4.78, 5) is 49.7. The fourth-order valence-corrected chi connectivity index (χ4v) is 5.52. The Kier molecular flexibility index (Phi) is 8.38. The van der Waals surface area contributed by atoms with E-state index in [-0.39, 0.29) is 25.2 Å². The standard InChI is InChI=1S/C32H39N5O6/c1-31(2,3)42-18-27(29(39)43-32(4,5)6)35-28(38)20-8-7-11-36(15-20)19-41-30(40)37-16-21-12-22(17-37)24-14-26-25(13-23(21)24)33-9-10-34-26/h7-11,13-15,21-22,27H,12,16-19H2,1-6H3/p+1/t21?,22?,27-/m0/s1. The average Bonchev–Trinajstić information content (AvgIpc) is 3.19. The maximum atomic E-state index is 13.1. The van der Waals surface area contributed by atoms with Crippen LogP contribution in [0.25, 0.3) is 11.0 Å². The lowest BCUT2D eigenvalue weighted by molar-refractivity contribution is -0.727. The summed E-state index contributed by atoms with van der Waals surface area (Å²) in [6, 6.07) is 6.51. The molecule has 43 heavy (non-hydrogen) atoms. The summed E-state index contributed by atoms with van der Waals surface area (Å²) in [6.07, 6.45) is 7.25. The summed E-state index contributed by atoms with van der Waals surface area (Å²) in [7, 11) is 0. The Morgan fingerprint density at radius 1 is 1.00 bits per heavy atom. The van der Waals surface area contributed by atoms with Crippen molar-refractivity contribution in [2.24, 2.45) is 0 Å². The lowest BCUT2D eigenvalue weighted by Gasteiger charge is -2.30. The third kappa shape index (κ3) is 7.45. The number of fused-ring (bicyclic) bond motifs is 6. The zero-order valence-electron chi connectivity index (χ0n) is 25.6. The van der Waals surface area contributed by atoms with Gasteiger partial charge in [0.25, 0.3) is 12.6 Å². The van der Waals surface area contributed by atoms with Crippen LogP contribution >= 0.6 is 0 Å². The molecule has 3 heterocycles. The number of carbonyl (C=O) groups is 3. The average molecular weight is 591 g/mol. The van der Waals surface area contributed by atoms with E-state index in [9.17, 15) is 14.4 Å². The Morgan fingerprint density at radius 2 is 1.63 bits per heavy atom. The van der Waals surface area contributed by atoms with Gasteiger partial charge in [0, 0.05) is 43.4 Å². The van der Waals surface area contributed by atoms with Gasteiger partial charge in [0.15, 0.2) is 18.4 Å². The van der Waals surface area contributed by atoms with Gasteiger partial charge < -0.3 is 24.4 Å². The van der Waals surface area contributed by atoms with Gasteiger partial charge in [0.05, 0.1) is 23.2 Å². The van der Waals surface area contributed by atoms with Crippen LogP contribution in [0, 0.1) is 0 Å². The number of ether oxygens (including phenoxy) is 3. The number of nitrogens with zero attached hydrogens (tertiary/aromatic N) is 4. The molecule has 2 bridgehead atoms. The number of esters is 1. The molecule has 2 amide bonds. The molecule has 0 spiro atoms. The Labute approximate surface area is 251 Å². The van der Waals surface area contributed by atoms with Crippen LogP contribution in [0.5, 0.6) is 0 Å². The Bertz CT molecular complexity index is 1480. The van der Waals surface area contributed by atoms with Gasteiger partial charge in [-0.1, -0.05) is 0 Å². The largest absolute Gasteiger partial charge is 0.458 e. The zero-order chi connectivity index (χ0) is 30.9. The zero-order valence-corrected chi connectivity index (χ0v) is 25.6. The normalized spacial score (nSPS) is 18.6. The number of carbonyl (C=O) groups excluding carboxylic acids is 3. The van der Waals surface area contributed by atoms with Crippen LogP contribution in [0.2, 0.25) is 0 Å². The number of nitrogens with one attached hydrogen (secondary N) is 1. The molecule has 11 heteroatoms. The molecule has 2 aromatic heterocycles. The van der Waals surface area contributed by atoms with Crippen molar-refractivity contribution >= 4 is 29.0 Å². The maximum absolute atomic E-state index is 13.1. The van der Waals surface area contributed by atoms with E-state index in [4.69, 9.17) is 14.2 Å². The molecule has 11 nitrogen and oxygen atoms in total. The van der Waals surface area contributed by atoms with E-state index in [1.807, 2.05) is 20.8 Å². The van der Waals surface area contributed by atoms with E-state index in [0.29, 0.717) is 18.7 Å². The molecule has 1 saturated heterocycles. The van der Waals surface area contributed by atoms with E-state index < -0.39 is 35.2 Å². The summed E-state index contributed by atoms with van der Waals surface area (Å²) >= 11 is 0. The number of rotatable bonds is 7. The second-order valence-electron chi connectivity index (χ2n) is 13.2. The third-order valence-electron chi connectivity index (χ3n) is 7.40. The SMILES string of the molecule is CC(C)(C)OC[C@H](NC(=O)c1ccc[n+](COC(=O)N2CC3CC(C2)c2cc4nccnc4cc23)c1)C(=O)OC(C)(C)C. The van der Waals surface area contributed by atoms with E-state index in [1.165, 1.54) is 11.1 Å². The summed E-state index contributed by atoms with van der Waals surface area (Å²) in [5.41, 5.74) is 3.26. The number of hydrogen-bond donors (Lipinski definition) is 1. The Balaban J connectivity index is 1.20. The van der Waals surface area contributed by atoms with Crippen molar-refractivity contribution in [1.29, 1.82) is 0 Å². The molecule has 3 atom stereocenters. The van der Waals surface area contributed by atoms with Gasteiger partial charge in [-0.25, -0.2) is 9.59 Å². The minimum Gasteiger partial charge on any atom is -0.458 e. The first-order chi connectivity index (χ1) is 20.3. The Morgan fingerprint density at radius 3 is 2.21 bits per heavy atom. The second-order valence-corrected chi connectivity index (χ2v) is 13.2. The molecule has 3 aromatic rings. The fourth-order valence-electron chi connectivity index (χ4n) is 5.52. The molecule has 1 aliphatic carbocycles. The van der Waals surface area contributed by atoms with Crippen molar-refractivity contribution < 1.29 is 33.2 Å². The summed E-state index contributed by atoms with van der Waals surface area (Å²) in [5.74, 6) is -0.600. The van der Waals surface area contributed by atoms with Crippen molar-refractivity contribution in [3.8, 4) is 0 Å². The van der Waals surface area contributed by atoms with Crippen molar-refractivity contribution in [2.75, 3.05) is 19.7 Å². The summed E-state index contributed by atoms with van der Waals surface area (Å²) in [6.45, 7) is 11.9. The second kappa shape index (κ2) is 11.9. The lowest BCUT2D eigenvalue weighted by atomic mass is 9.96. The van der Waals surface area contributed by atoms with E-state index in [2.05, 4.69) is 27.4 Å². The molecule has 1 N–H and O–H groups in total. The van der Waals surface area contributed by atoms with Crippen molar-refractivity contribution in [3.05, 3.63) is 65.7 Å². The number of likely N-dealkylation sites (tertiary alicyclic amines) is 1. The summed E-state index contributed by atoms with van der Waals surface area (Å²) < 4.78 is 18.5. The van der Waals surface area contributed by atoms with Crippen molar-refractivity contribution in [3.63, 3.8) is 0 Å². The van der Waals surface area contributed by atoms with E-state index in [0.717, 1.165) is 17.5 Å². The molecule has 1 aliphatic heterocycles. The number of amides is 2. The molecular weight excluding hydrogens is 550 g/mol. The topological polar surface area (TPSA) is 124 Å². The summed E-state index contributed by atoms with van der Waals surface area (Å²) in [5, 5.41) is 2.73. The minimum atomic E-state index is -1.000. The van der Waals surface area contributed by atoms with Gasteiger partial charge >= 0.3 is 12.1 Å². The van der Waals surface area contributed by atoms with Crippen LogP contribution in [0.3, 0.4) is 0 Å². The van der Waals surface area contributed by atoms with Crippen molar-refractivity contribution in [2.45, 2.75) is 83.8 Å². The quantitative estimate of drug-likeness (QED) is 0.325. The molecule has 228 valence electrons. The van der Waals surface area contributed by atoms with Crippen LogP contribution in [0.4, 0.5) is 4.79 Å². The molecule has 2 unspecified atom stereocenters. The van der Waals surface area contributed by atoms with E-state index >= 15 is 0 Å². The van der Waals surface area contributed by atoms with Crippen LogP contribution in [-0.2, 0) is 25.7 Å². The van der Waals surface area contributed by atoms with Crippen LogP contribution in [0.15, 0.2) is 49.1 Å². The first-order valence-electron chi connectivity index (χ1n) is 14.6. The lowest BCUT2D eigenvalue weighted by Crippen LogP contribution is -2.48. The monoisotopic (exact) mass is 590 g/mol. The van der Waals surface area contributed by atoms with Crippen LogP contribution < -0.4 is 9.88 Å². The van der Waals surface area contributed by atoms with Gasteiger partial charge in [-0.05, 0) is 77.3 Å². The van der Waals surface area contributed by atoms with Gasteiger partial charge in [-0.3, -0.25) is 14.8 Å². The van der Waals surface area contributed by atoms with Gasteiger partial charge in [-0.15, -0.1) is 0 Å². The van der Waals surface area contributed by atoms with Crippen molar-refractivity contribution in [1.82, 2.24) is 20.2 Å². The molecule has 0 saturated carbocycles. The van der Waals surface area contributed by atoms with Gasteiger partial charge in [-0.2, -0.15) is 4.57 Å². The highest BCUT2D eigenvalue weighted by molar-refractivity contribution is 5.96.